The predicted octanol–water partition coefficient (Wildman–Crippen LogP) is 1.96. The third-order valence-electron chi connectivity index (χ3n) is 3.99. The number of carbonyl (C=O) groups excluding carboxylic acids is 4. The maximum Gasteiger partial charge on any atom is 0.325 e. The van der Waals surface area contributed by atoms with Gasteiger partial charge in [-0.05, 0) is 42.1 Å². The van der Waals surface area contributed by atoms with Crippen LogP contribution in [0, 0.1) is 0 Å². The molecule has 0 spiro atoms. The van der Waals surface area contributed by atoms with E-state index in [-0.39, 0.29) is 30.1 Å². The van der Waals surface area contributed by atoms with Gasteiger partial charge >= 0.3 is 5.97 Å². The van der Waals surface area contributed by atoms with Crippen molar-refractivity contribution in [2.75, 3.05) is 18.5 Å². The van der Waals surface area contributed by atoms with Crippen LogP contribution in [0.1, 0.15) is 38.4 Å². The SMILES string of the molecule is C[C@@H]1C(=O)Nc2ccc(C(=O)COC(=O)CNC(=O)c3cccs3)cc21. The molecule has 2 heterocycles. The molecule has 26 heavy (non-hydrogen) atoms. The van der Waals surface area contributed by atoms with Crippen LogP contribution in [-0.4, -0.2) is 36.7 Å². The second kappa shape index (κ2) is 7.49. The molecule has 3 rings (SSSR count). The average Bonchev–Trinajstić information content (AvgIpc) is 3.26. The van der Waals surface area contributed by atoms with Crippen molar-refractivity contribution in [2.24, 2.45) is 0 Å². The zero-order chi connectivity index (χ0) is 18.7. The lowest BCUT2D eigenvalue weighted by atomic mass is 9.99. The second-order valence-corrected chi connectivity index (χ2v) is 6.70. The fourth-order valence-corrected chi connectivity index (χ4v) is 3.16. The number of benzene rings is 1. The van der Waals surface area contributed by atoms with E-state index in [0.29, 0.717) is 16.1 Å². The Bertz CT molecular complexity index is 876. The molecular formula is C18H16N2O5S. The van der Waals surface area contributed by atoms with Crippen molar-refractivity contribution < 1.29 is 23.9 Å². The predicted molar refractivity (Wildman–Crippen MR) is 95.4 cm³/mol. The molecule has 2 amide bonds. The molecule has 134 valence electrons. The highest BCUT2D eigenvalue weighted by Gasteiger charge is 2.27. The highest BCUT2D eigenvalue weighted by molar-refractivity contribution is 7.12. The van der Waals surface area contributed by atoms with Crippen LogP contribution in [0.15, 0.2) is 35.7 Å². The third kappa shape index (κ3) is 3.80. The van der Waals surface area contributed by atoms with Gasteiger partial charge in [0.2, 0.25) is 5.91 Å². The first kappa shape index (κ1) is 17.8. The number of amides is 2. The molecular weight excluding hydrogens is 356 g/mol. The third-order valence-corrected chi connectivity index (χ3v) is 4.86. The summed E-state index contributed by atoms with van der Waals surface area (Å²) in [6, 6.07) is 8.24. The van der Waals surface area contributed by atoms with Crippen molar-refractivity contribution >= 4 is 40.6 Å². The highest BCUT2D eigenvalue weighted by Crippen LogP contribution is 2.32. The molecule has 2 N–H and O–H groups in total. The molecule has 0 saturated carbocycles. The lowest BCUT2D eigenvalue weighted by Gasteiger charge is -2.07. The van der Waals surface area contributed by atoms with E-state index in [0.717, 1.165) is 5.56 Å². The van der Waals surface area contributed by atoms with Crippen molar-refractivity contribution in [1.82, 2.24) is 5.32 Å². The van der Waals surface area contributed by atoms with E-state index in [9.17, 15) is 19.2 Å². The number of nitrogens with one attached hydrogen (secondary N) is 2. The minimum absolute atomic E-state index is 0.113. The van der Waals surface area contributed by atoms with Crippen LogP contribution in [0.4, 0.5) is 5.69 Å². The van der Waals surface area contributed by atoms with Gasteiger partial charge in [-0.15, -0.1) is 11.3 Å². The molecule has 1 aliphatic rings. The highest BCUT2D eigenvalue weighted by atomic mass is 32.1. The standard InChI is InChI=1S/C18H16N2O5S/c1-10-12-7-11(4-5-13(12)20-17(10)23)14(21)9-25-16(22)8-19-18(24)15-3-2-6-26-15/h2-7,10H,8-9H2,1H3,(H,19,24)(H,20,23)/t10-/m0/s1. The fraction of sp³-hybridized carbons (Fsp3) is 0.222. The molecule has 1 aromatic carbocycles. The summed E-state index contributed by atoms with van der Waals surface area (Å²) in [6.07, 6.45) is 0. The van der Waals surface area contributed by atoms with Gasteiger partial charge in [-0.3, -0.25) is 19.2 Å². The number of fused-ring (bicyclic) bond motifs is 1. The van der Waals surface area contributed by atoms with Crippen LogP contribution in [-0.2, 0) is 14.3 Å². The smallest absolute Gasteiger partial charge is 0.325 e. The first-order valence-corrected chi connectivity index (χ1v) is 8.79. The lowest BCUT2D eigenvalue weighted by Crippen LogP contribution is -2.31. The van der Waals surface area contributed by atoms with Gasteiger partial charge in [-0.25, -0.2) is 0 Å². The maximum absolute atomic E-state index is 12.2. The number of hydrogen-bond donors (Lipinski definition) is 2. The summed E-state index contributed by atoms with van der Waals surface area (Å²) in [4.78, 5) is 47.7. The van der Waals surface area contributed by atoms with E-state index in [4.69, 9.17) is 4.74 Å². The Balaban J connectivity index is 1.50. The van der Waals surface area contributed by atoms with Gasteiger partial charge in [0.25, 0.3) is 5.91 Å². The van der Waals surface area contributed by atoms with Crippen molar-refractivity contribution in [3.05, 3.63) is 51.7 Å². The number of rotatable bonds is 6. The molecule has 7 nitrogen and oxygen atoms in total. The van der Waals surface area contributed by atoms with E-state index in [2.05, 4.69) is 10.6 Å². The number of ketones is 1. The summed E-state index contributed by atoms with van der Waals surface area (Å²) in [5.74, 6) is -1.88. The number of hydrogen-bond acceptors (Lipinski definition) is 6. The van der Waals surface area contributed by atoms with Gasteiger partial charge in [0.05, 0.1) is 10.8 Å². The minimum Gasteiger partial charge on any atom is -0.456 e. The van der Waals surface area contributed by atoms with Crippen LogP contribution >= 0.6 is 11.3 Å². The summed E-state index contributed by atoms with van der Waals surface area (Å²) < 4.78 is 4.91. The first-order chi connectivity index (χ1) is 12.5. The lowest BCUT2D eigenvalue weighted by molar-refractivity contribution is -0.141. The summed E-state index contributed by atoms with van der Waals surface area (Å²) in [5.41, 5.74) is 1.80. The van der Waals surface area contributed by atoms with Crippen LogP contribution < -0.4 is 10.6 Å². The molecule has 0 radical (unpaired) electrons. The Morgan fingerprint density at radius 2 is 2.08 bits per heavy atom. The van der Waals surface area contributed by atoms with Crippen LogP contribution in [0.3, 0.4) is 0 Å². The number of anilines is 1. The molecule has 1 aromatic heterocycles. The summed E-state index contributed by atoms with van der Waals surface area (Å²) in [7, 11) is 0. The number of Topliss-reactive ketones (excluding diaryl/α,β-unsaturated/α-hetero) is 1. The fourth-order valence-electron chi connectivity index (χ4n) is 2.52. The topological polar surface area (TPSA) is 102 Å². The van der Waals surface area contributed by atoms with Crippen molar-refractivity contribution in [3.8, 4) is 0 Å². The average molecular weight is 372 g/mol. The molecule has 0 aliphatic carbocycles. The zero-order valence-corrected chi connectivity index (χ0v) is 14.7. The van der Waals surface area contributed by atoms with Crippen molar-refractivity contribution in [1.29, 1.82) is 0 Å². The van der Waals surface area contributed by atoms with Crippen molar-refractivity contribution in [3.63, 3.8) is 0 Å². The molecule has 2 aromatic rings. The number of carbonyl (C=O) groups is 4. The Morgan fingerprint density at radius 3 is 2.81 bits per heavy atom. The Kier molecular flexibility index (Phi) is 5.13. The molecule has 0 unspecified atom stereocenters. The van der Waals surface area contributed by atoms with Crippen LogP contribution in [0.5, 0.6) is 0 Å². The van der Waals surface area contributed by atoms with E-state index in [1.54, 1.807) is 42.6 Å². The largest absolute Gasteiger partial charge is 0.456 e. The normalized spacial score (nSPS) is 15.1. The second-order valence-electron chi connectivity index (χ2n) is 5.76. The first-order valence-electron chi connectivity index (χ1n) is 7.91. The maximum atomic E-state index is 12.2. The molecule has 8 heteroatoms. The summed E-state index contributed by atoms with van der Waals surface area (Å²) in [6.45, 7) is 1.01. The number of thiophene rings is 1. The van der Waals surface area contributed by atoms with Gasteiger partial charge in [-0.2, -0.15) is 0 Å². The summed E-state index contributed by atoms with van der Waals surface area (Å²) >= 11 is 1.26. The molecule has 1 aliphatic heterocycles. The summed E-state index contributed by atoms with van der Waals surface area (Å²) in [5, 5.41) is 6.92. The van der Waals surface area contributed by atoms with E-state index < -0.39 is 12.6 Å². The van der Waals surface area contributed by atoms with Gasteiger partial charge in [-0.1, -0.05) is 6.07 Å². The van der Waals surface area contributed by atoms with E-state index in [1.807, 2.05) is 0 Å². The molecule has 0 fully saturated rings. The Labute approximate surface area is 153 Å². The molecule has 1 atom stereocenters. The number of esters is 1. The van der Waals surface area contributed by atoms with Gasteiger partial charge in [0.1, 0.15) is 6.54 Å². The Morgan fingerprint density at radius 1 is 1.27 bits per heavy atom. The van der Waals surface area contributed by atoms with Crippen molar-refractivity contribution in [2.45, 2.75) is 12.8 Å². The van der Waals surface area contributed by atoms with E-state index >= 15 is 0 Å². The van der Waals surface area contributed by atoms with Gasteiger partial charge in [0, 0.05) is 11.3 Å². The molecule has 0 saturated heterocycles. The molecule has 0 bridgehead atoms. The van der Waals surface area contributed by atoms with E-state index in [1.165, 1.54) is 11.3 Å². The van der Waals surface area contributed by atoms with Gasteiger partial charge < -0.3 is 15.4 Å². The minimum atomic E-state index is -0.699. The number of ether oxygens (including phenoxy) is 1. The quantitative estimate of drug-likeness (QED) is 0.596. The van der Waals surface area contributed by atoms with Crippen LogP contribution in [0.25, 0.3) is 0 Å². The zero-order valence-electron chi connectivity index (χ0n) is 13.9. The van der Waals surface area contributed by atoms with Gasteiger partial charge in [0.15, 0.2) is 12.4 Å². The van der Waals surface area contributed by atoms with Crippen LogP contribution in [0.2, 0.25) is 0 Å². The Hall–Kier alpha value is -3.00. The monoisotopic (exact) mass is 372 g/mol.